The molecule has 3 aromatic carbocycles. The molecule has 4 N–H and O–H groups in total. The minimum absolute atomic E-state index is 0. The van der Waals surface area contributed by atoms with Gasteiger partial charge >= 0.3 is 41.5 Å². The number of phenols is 2. The second-order valence-electron chi connectivity index (χ2n) is 7.70. The van der Waals surface area contributed by atoms with E-state index in [2.05, 4.69) is 0 Å². The Kier molecular flexibility index (Phi) is 6.59. The summed E-state index contributed by atoms with van der Waals surface area (Å²) in [5.41, 5.74) is -2.43. The van der Waals surface area contributed by atoms with Crippen LogP contribution in [0, 0.1) is 13.8 Å². The molecule has 0 amide bonds. The Morgan fingerprint density at radius 3 is 1.71 bits per heavy atom. The zero-order chi connectivity index (χ0) is 24.3. The van der Waals surface area contributed by atoms with Gasteiger partial charge in [-0.25, -0.2) is 13.8 Å². The van der Waals surface area contributed by atoms with Crippen molar-refractivity contribution in [3.63, 3.8) is 0 Å². The Morgan fingerprint density at radius 2 is 1.26 bits per heavy atom. The molecule has 170 valence electrons. The van der Waals surface area contributed by atoms with Gasteiger partial charge in [0.05, 0.1) is 0 Å². The van der Waals surface area contributed by atoms with Gasteiger partial charge < -0.3 is 20.4 Å². The van der Waals surface area contributed by atoms with Gasteiger partial charge in [-0.2, -0.15) is 8.42 Å². The fraction of sp³-hybridized carbons (Fsp3) is 0.130. The van der Waals surface area contributed by atoms with Crippen molar-refractivity contribution >= 4 is 22.1 Å². The molecule has 3 aromatic rings. The quantitative estimate of drug-likeness (QED) is 0.293. The van der Waals surface area contributed by atoms with Crippen LogP contribution < -0.4 is 29.6 Å². The molecule has 1 heterocycles. The standard InChI is InChI=1S/C23H18O9S.Na/c1-11-7-13(9-15(19(11)24)21(26)27)23(14-8-12(2)20(25)16(10-14)22(28)29)17-5-3-4-6-18(17)33(30,31)32-23;/h3-10,24-25H,1-2H3,(H,26,27)(H,28,29);/q;+1. The fourth-order valence-corrected chi connectivity index (χ4v) is 5.52. The summed E-state index contributed by atoms with van der Waals surface area (Å²) >= 11 is 0. The molecule has 9 nitrogen and oxygen atoms in total. The Hall–Kier alpha value is -2.89. The molecule has 1 aliphatic rings. The molecule has 1 aliphatic heterocycles. The van der Waals surface area contributed by atoms with Gasteiger partial charge in [-0.15, -0.1) is 0 Å². The van der Waals surface area contributed by atoms with E-state index in [9.17, 15) is 38.4 Å². The van der Waals surface area contributed by atoms with Gasteiger partial charge in [-0.3, -0.25) is 0 Å². The van der Waals surface area contributed by atoms with Crippen molar-refractivity contribution in [3.8, 4) is 11.5 Å². The number of hydrogen-bond donors (Lipinski definition) is 4. The SMILES string of the molecule is Cc1cc(C2(c3cc(C)c(O)c(C(=O)O)c3)OS(=O)(=O)c3ccccc32)cc(C(=O)O)c1O.[Na+]. The van der Waals surface area contributed by atoms with Crippen molar-refractivity contribution in [1.29, 1.82) is 0 Å². The van der Waals surface area contributed by atoms with Crippen LogP contribution in [0.1, 0.15) is 48.5 Å². The molecule has 0 aromatic heterocycles. The van der Waals surface area contributed by atoms with Crippen molar-refractivity contribution in [2.24, 2.45) is 0 Å². The van der Waals surface area contributed by atoms with E-state index < -0.39 is 50.3 Å². The van der Waals surface area contributed by atoms with Crippen LogP contribution >= 0.6 is 0 Å². The predicted octanol–water partition coefficient (Wildman–Crippen LogP) is 0.126. The van der Waals surface area contributed by atoms with E-state index in [1.54, 1.807) is 6.07 Å². The number of benzene rings is 3. The van der Waals surface area contributed by atoms with E-state index in [-0.39, 0.29) is 62.3 Å². The maximum absolute atomic E-state index is 13.0. The third kappa shape index (κ3) is 3.77. The predicted molar refractivity (Wildman–Crippen MR) is 114 cm³/mol. The van der Waals surface area contributed by atoms with Crippen molar-refractivity contribution < 1.29 is 72.2 Å². The smallest absolute Gasteiger partial charge is 0.507 e. The van der Waals surface area contributed by atoms with Crippen LogP contribution in [-0.4, -0.2) is 40.8 Å². The zero-order valence-electron chi connectivity index (χ0n) is 18.4. The molecule has 0 atom stereocenters. The average Bonchev–Trinajstić information content (AvgIpc) is 3.00. The van der Waals surface area contributed by atoms with Gasteiger partial charge in [0.25, 0.3) is 10.1 Å². The minimum atomic E-state index is -4.34. The largest absolute Gasteiger partial charge is 1.00 e. The number of carbonyl (C=O) groups is 2. The van der Waals surface area contributed by atoms with Gasteiger partial charge in [-0.05, 0) is 66.4 Å². The summed E-state index contributed by atoms with van der Waals surface area (Å²) in [7, 11) is -4.34. The van der Waals surface area contributed by atoms with Crippen LogP contribution in [0.25, 0.3) is 0 Å². The molecular formula is C23H18NaO9S+. The summed E-state index contributed by atoms with van der Waals surface area (Å²) in [5.74, 6) is -3.89. The third-order valence-electron chi connectivity index (χ3n) is 5.65. The van der Waals surface area contributed by atoms with Crippen LogP contribution in [0.4, 0.5) is 0 Å². The summed E-state index contributed by atoms with van der Waals surface area (Å²) < 4.78 is 31.7. The summed E-state index contributed by atoms with van der Waals surface area (Å²) in [6, 6.07) is 10.8. The van der Waals surface area contributed by atoms with E-state index in [1.807, 2.05) is 0 Å². The maximum atomic E-state index is 13.0. The summed E-state index contributed by atoms with van der Waals surface area (Å²) in [5, 5.41) is 39.6. The number of rotatable bonds is 4. The molecule has 0 fully saturated rings. The zero-order valence-corrected chi connectivity index (χ0v) is 21.2. The van der Waals surface area contributed by atoms with E-state index >= 15 is 0 Å². The first-order chi connectivity index (χ1) is 15.4. The molecule has 0 aliphatic carbocycles. The number of fused-ring (bicyclic) bond motifs is 1. The Labute approximate surface area is 216 Å². The van der Waals surface area contributed by atoms with Crippen LogP contribution in [0.5, 0.6) is 11.5 Å². The number of hydrogen-bond acceptors (Lipinski definition) is 7. The normalized spacial score (nSPS) is 15.2. The van der Waals surface area contributed by atoms with Gasteiger partial charge in [0.1, 0.15) is 27.5 Å². The Bertz CT molecular complexity index is 1390. The number of aryl methyl sites for hydroxylation is 2. The van der Waals surface area contributed by atoms with Crippen LogP contribution in [0.15, 0.2) is 53.4 Å². The minimum Gasteiger partial charge on any atom is -0.507 e. The van der Waals surface area contributed by atoms with Gasteiger partial charge in [0.15, 0.2) is 5.60 Å². The summed E-state index contributed by atoms with van der Waals surface area (Å²) in [6.07, 6.45) is 0. The molecular weight excluding hydrogens is 475 g/mol. The first kappa shape index (κ1) is 25.7. The van der Waals surface area contributed by atoms with Gasteiger partial charge in [-0.1, -0.05) is 18.2 Å². The second-order valence-corrected chi connectivity index (χ2v) is 9.22. The van der Waals surface area contributed by atoms with Crippen LogP contribution in [-0.2, 0) is 19.9 Å². The molecule has 4 rings (SSSR count). The second kappa shape index (κ2) is 8.71. The van der Waals surface area contributed by atoms with E-state index in [1.165, 1.54) is 44.2 Å². The molecule has 0 bridgehead atoms. The number of aromatic hydroxyl groups is 2. The number of carboxylic acid groups (broad SMARTS) is 2. The molecule has 34 heavy (non-hydrogen) atoms. The van der Waals surface area contributed by atoms with Gasteiger partial charge in [0.2, 0.25) is 0 Å². The summed E-state index contributed by atoms with van der Waals surface area (Å²) in [6.45, 7) is 2.89. The van der Waals surface area contributed by atoms with E-state index in [0.717, 1.165) is 12.1 Å². The summed E-state index contributed by atoms with van der Waals surface area (Å²) in [4.78, 5) is 23.4. The topological polar surface area (TPSA) is 158 Å². The van der Waals surface area contributed by atoms with Crippen molar-refractivity contribution in [3.05, 3.63) is 87.5 Å². The molecule has 0 saturated carbocycles. The first-order valence-corrected chi connectivity index (χ1v) is 11.0. The molecule has 0 radical (unpaired) electrons. The van der Waals surface area contributed by atoms with E-state index in [0.29, 0.717) is 0 Å². The molecule has 0 unspecified atom stereocenters. The van der Waals surface area contributed by atoms with Crippen LogP contribution in [0.2, 0.25) is 0 Å². The van der Waals surface area contributed by atoms with Gasteiger partial charge in [0, 0.05) is 5.56 Å². The van der Waals surface area contributed by atoms with E-state index in [4.69, 9.17) is 4.18 Å². The third-order valence-corrected chi connectivity index (χ3v) is 7.01. The molecule has 0 saturated heterocycles. The van der Waals surface area contributed by atoms with Crippen molar-refractivity contribution in [2.75, 3.05) is 0 Å². The average molecular weight is 493 g/mol. The number of carboxylic acids is 2. The first-order valence-electron chi connectivity index (χ1n) is 9.60. The Morgan fingerprint density at radius 1 is 0.824 bits per heavy atom. The van der Waals surface area contributed by atoms with Crippen LogP contribution in [0.3, 0.4) is 0 Å². The maximum Gasteiger partial charge on any atom is 1.00 e. The van der Waals surface area contributed by atoms with Crippen molar-refractivity contribution in [1.82, 2.24) is 0 Å². The fourth-order valence-electron chi connectivity index (χ4n) is 4.10. The Balaban J connectivity index is 0.00000324. The number of aromatic carboxylic acids is 2. The molecule has 0 spiro atoms. The van der Waals surface area contributed by atoms with Crippen molar-refractivity contribution in [2.45, 2.75) is 24.3 Å². The molecule has 11 heteroatoms. The monoisotopic (exact) mass is 493 g/mol.